The number of ether oxygens (including phenoxy) is 2. The standard InChI is InChI=1S/C13H18FNO3/c1-16-15-9-10-2-3-13(12(14)8-10)18-11-4-6-17-7-5-11/h2-3,8,11,15H,4-7,9H2,1H3. The first-order valence-corrected chi connectivity index (χ1v) is 6.08. The second-order valence-corrected chi connectivity index (χ2v) is 4.22. The van der Waals surface area contributed by atoms with Crippen molar-refractivity contribution in [1.82, 2.24) is 5.48 Å². The van der Waals surface area contributed by atoms with E-state index in [1.807, 2.05) is 6.07 Å². The van der Waals surface area contributed by atoms with Gasteiger partial charge in [0, 0.05) is 19.4 Å². The van der Waals surface area contributed by atoms with Gasteiger partial charge < -0.3 is 14.3 Å². The third-order valence-electron chi connectivity index (χ3n) is 2.88. The number of benzene rings is 1. The van der Waals surface area contributed by atoms with Crippen LogP contribution in [0.25, 0.3) is 0 Å². The van der Waals surface area contributed by atoms with E-state index in [1.54, 1.807) is 6.07 Å². The third kappa shape index (κ3) is 3.66. The van der Waals surface area contributed by atoms with Gasteiger partial charge in [-0.05, 0) is 17.7 Å². The molecule has 0 aliphatic carbocycles. The first kappa shape index (κ1) is 13.3. The second-order valence-electron chi connectivity index (χ2n) is 4.22. The first-order valence-electron chi connectivity index (χ1n) is 6.08. The summed E-state index contributed by atoms with van der Waals surface area (Å²) in [5.41, 5.74) is 3.48. The molecule has 1 saturated heterocycles. The Labute approximate surface area is 106 Å². The van der Waals surface area contributed by atoms with Gasteiger partial charge in [-0.2, -0.15) is 5.48 Å². The highest BCUT2D eigenvalue weighted by molar-refractivity contribution is 5.29. The largest absolute Gasteiger partial charge is 0.487 e. The highest BCUT2D eigenvalue weighted by Gasteiger charge is 2.17. The lowest BCUT2D eigenvalue weighted by Gasteiger charge is -2.23. The molecular weight excluding hydrogens is 237 g/mol. The van der Waals surface area contributed by atoms with Crippen molar-refractivity contribution in [3.05, 3.63) is 29.6 Å². The molecule has 1 heterocycles. The maximum absolute atomic E-state index is 13.8. The molecule has 0 radical (unpaired) electrons. The van der Waals surface area contributed by atoms with E-state index in [2.05, 4.69) is 5.48 Å². The molecule has 2 rings (SSSR count). The van der Waals surface area contributed by atoms with Crippen LogP contribution in [0.15, 0.2) is 18.2 Å². The average molecular weight is 255 g/mol. The molecule has 5 heteroatoms. The molecule has 4 nitrogen and oxygen atoms in total. The van der Waals surface area contributed by atoms with Gasteiger partial charge in [-0.15, -0.1) is 0 Å². The quantitative estimate of drug-likeness (QED) is 0.817. The van der Waals surface area contributed by atoms with Crippen LogP contribution in [0.1, 0.15) is 18.4 Å². The lowest BCUT2D eigenvalue weighted by atomic mass is 10.1. The van der Waals surface area contributed by atoms with Crippen molar-refractivity contribution in [1.29, 1.82) is 0 Å². The predicted molar refractivity (Wildman–Crippen MR) is 64.7 cm³/mol. The predicted octanol–water partition coefficient (Wildman–Crippen LogP) is 2.03. The van der Waals surface area contributed by atoms with Gasteiger partial charge in [-0.3, -0.25) is 0 Å². The minimum Gasteiger partial charge on any atom is -0.487 e. The molecule has 1 aliphatic heterocycles. The topological polar surface area (TPSA) is 39.7 Å². The molecule has 0 amide bonds. The van der Waals surface area contributed by atoms with Crippen LogP contribution in [0, 0.1) is 5.82 Å². The van der Waals surface area contributed by atoms with Crippen LogP contribution in [-0.2, 0) is 16.1 Å². The van der Waals surface area contributed by atoms with Crippen LogP contribution < -0.4 is 10.2 Å². The zero-order chi connectivity index (χ0) is 12.8. The summed E-state index contributed by atoms with van der Waals surface area (Å²) < 4.78 is 24.7. The van der Waals surface area contributed by atoms with E-state index in [4.69, 9.17) is 14.3 Å². The van der Waals surface area contributed by atoms with Crippen molar-refractivity contribution >= 4 is 0 Å². The van der Waals surface area contributed by atoms with E-state index in [9.17, 15) is 4.39 Å². The summed E-state index contributed by atoms with van der Waals surface area (Å²) in [5, 5.41) is 0. The minimum atomic E-state index is -0.336. The summed E-state index contributed by atoms with van der Waals surface area (Å²) in [7, 11) is 1.53. The molecule has 18 heavy (non-hydrogen) atoms. The zero-order valence-corrected chi connectivity index (χ0v) is 10.4. The Morgan fingerprint density at radius 2 is 2.17 bits per heavy atom. The van der Waals surface area contributed by atoms with Crippen molar-refractivity contribution in [3.8, 4) is 5.75 Å². The van der Waals surface area contributed by atoms with E-state index in [1.165, 1.54) is 13.2 Å². The Kier molecular flexibility index (Phi) is 4.92. The van der Waals surface area contributed by atoms with E-state index >= 15 is 0 Å². The van der Waals surface area contributed by atoms with Crippen molar-refractivity contribution in [3.63, 3.8) is 0 Å². The van der Waals surface area contributed by atoms with Crippen molar-refractivity contribution in [2.45, 2.75) is 25.5 Å². The number of rotatable bonds is 5. The van der Waals surface area contributed by atoms with Crippen LogP contribution in [-0.4, -0.2) is 26.4 Å². The average Bonchev–Trinajstić information content (AvgIpc) is 2.40. The van der Waals surface area contributed by atoms with Crippen LogP contribution in [0.5, 0.6) is 5.75 Å². The molecule has 0 aromatic heterocycles. The summed E-state index contributed by atoms with van der Waals surface area (Å²) in [5.74, 6) is -0.0278. The van der Waals surface area contributed by atoms with Gasteiger partial charge in [-0.25, -0.2) is 4.39 Å². The van der Waals surface area contributed by atoms with Crippen molar-refractivity contribution in [2.75, 3.05) is 20.3 Å². The SMILES string of the molecule is CONCc1ccc(OC2CCOCC2)c(F)c1. The van der Waals surface area contributed by atoms with Crippen LogP contribution in [0.3, 0.4) is 0 Å². The van der Waals surface area contributed by atoms with Gasteiger partial charge in [0.05, 0.1) is 20.3 Å². The molecule has 1 N–H and O–H groups in total. The maximum Gasteiger partial charge on any atom is 0.165 e. The fourth-order valence-electron chi connectivity index (χ4n) is 1.88. The number of nitrogens with one attached hydrogen (secondary N) is 1. The Balaban J connectivity index is 1.95. The van der Waals surface area contributed by atoms with E-state index in [-0.39, 0.29) is 11.9 Å². The van der Waals surface area contributed by atoms with Crippen LogP contribution in [0.2, 0.25) is 0 Å². The van der Waals surface area contributed by atoms with Crippen molar-refractivity contribution in [2.24, 2.45) is 0 Å². The maximum atomic E-state index is 13.8. The van der Waals surface area contributed by atoms with Gasteiger partial charge in [-0.1, -0.05) is 6.07 Å². The summed E-state index contributed by atoms with van der Waals surface area (Å²) in [6, 6.07) is 4.95. The molecule has 0 bridgehead atoms. The highest BCUT2D eigenvalue weighted by Crippen LogP contribution is 2.22. The molecule has 0 unspecified atom stereocenters. The number of hydroxylamine groups is 1. The minimum absolute atomic E-state index is 0.0520. The second kappa shape index (κ2) is 6.68. The van der Waals surface area contributed by atoms with E-state index < -0.39 is 0 Å². The Morgan fingerprint density at radius 1 is 1.39 bits per heavy atom. The molecule has 1 fully saturated rings. The Hall–Kier alpha value is -1.17. The van der Waals surface area contributed by atoms with Gasteiger partial charge in [0.15, 0.2) is 11.6 Å². The van der Waals surface area contributed by atoms with Gasteiger partial charge in [0.2, 0.25) is 0 Å². The molecule has 1 aliphatic rings. The molecular formula is C13H18FNO3. The number of halogens is 1. The first-order chi connectivity index (χ1) is 8.79. The molecule has 1 aromatic carbocycles. The molecule has 0 atom stereocenters. The van der Waals surface area contributed by atoms with E-state index in [0.717, 1.165) is 18.4 Å². The zero-order valence-electron chi connectivity index (χ0n) is 10.4. The monoisotopic (exact) mass is 255 g/mol. The highest BCUT2D eigenvalue weighted by atomic mass is 19.1. The van der Waals surface area contributed by atoms with Gasteiger partial charge in [0.25, 0.3) is 0 Å². The lowest BCUT2D eigenvalue weighted by Crippen LogP contribution is -2.26. The fourth-order valence-corrected chi connectivity index (χ4v) is 1.88. The normalized spacial score (nSPS) is 16.8. The molecule has 0 spiro atoms. The summed E-state index contributed by atoms with van der Waals surface area (Å²) in [6.45, 7) is 1.83. The Bertz CT molecular complexity index is 380. The van der Waals surface area contributed by atoms with E-state index in [0.29, 0.717) is 25.5 Å². The Morgan fingerprint density at radius 3 is 2.83 bits per heavy atom. The van der Waals surface area contributed by atoms with Crippen LogP contribution >= 0.6 is 0 Å². The fraction of sp³-hybridized carbons (Fsp3) is 0.538. The van der Waals surface area contributed by atoms with Crippen LogP contribution in [0.4, 0.5) is 4.39 Å². The molecule has 100 valence electrons. The van der Waals surface area contributed by atoms with Crippen molar-refractivity contribution < 1.29 is 18.7 Å². The van der Waals surface area contributed by atoms with Gasteiger partial charge >= 0.3 is 0 Å². The lowest BCUT2D eigenvalue weighted by molar-refractivity contribution is 0.0240. The summed E-state index contributed by atoms with van der Waals surface area (Å²) in [4.78, 5) is 4.72. The summed E-state index contributed by atoms with van der Waals surface area (Å²) >= 11 is 0. The number of hydrogen-bond acceptors (Lipinski definition) is 4. The summed E-state index contributed by atoms with van der Waals surface area (Å²) in [6.07, 6.45) is 1.68. The number of hydrogen-bond donors (Lipinski definition) is 1. The smallest absolute Gasteiger partial charge is 0.165 e. The molecule has 0 saturated carbocycles. The third-order valence-corrected chi connectivity index (χ3v) is 2.88. The molecule has 1 aromatic rings. The van der Waals surface area contributed by atoms with Gasteiger partial charge in [0.1, 0.15) is 6.10 Å².